The second-order valence-electron chi connectivity index (χ2n) is 5.95. The molecule has 0 unspecified atom stereocenters. The molecule has 122 valence electrons. The zero-order valence-electron chi connectivity index (χ0n) is 13.2. The molecule has 0 aliphatic heterocycles. The van der Waals surface area contributed by atoms with Crippen LogP contribution in [0.3, 0.4) is 0 Å². The molecule has 2 heterocycles. The average Bonchev–Trinajstić information content (AvgIpc) is 3.15. The maximum atomic E-state index is 12.2. The van der Waals surface area contributed by atoms with Gasteiger partial charge in [-0.1, -0.05) is 35.5 Å². The van der Waals surface area contributed by atoms with E-state index in [1.165, 1.54) is 12.8 Å². The molecule has 1 aliphatic rings. The summed E-state index contributed by atoms with van der Waals surface area (Å²) in [5, 5.41) is 6.74. The molecule has 0 radical (unpaired) electrons. The minimum Gasteiger partial charge on any atom is -0.355 e. The van der Waals surface area contributed by atoms with Gasteiger partial charge in [-0.05, 0) is 12.8 Å². The Hall–Kier alpha value is -2.89. The first-order valence-electron chi connectivity index (χ1n) is 8.12. The summed E-state index contributed by atoms with van der Waals surface area (Å²) in [7, 11) is 0. The van der Waals surface area contributed by atoms with Crippen LogP contribution in [0.2, 0.25) is 0 Å². The Morgan fingerprint density at radius 2 is 2.12 bits per heavy atom. The molecule has 3 aromatic rings. The topological polar surface area (TPSA) is 73.0 Å². The second kappa shape index (κ2) is 6.31. The molecule has 1 aliphatic carbocycles. The third-order valence-electron chi connectivity index (χ3n) is 4.13. The lowest BCUT2D eigenvalue weighted by Crippen LogP contribution is -2.27. The van der Waals surface area contributed by atoms with Gasteiger partial charge in [-0.2, -0.15) is 0 Å². The molecule has 1 amide bonds. The summed E-state index contributed by atoms with van der Waals surface area (Å²) >= 11 is 0. The Morgan fingerprint density at radius 3 is 2.92 bits per heavy atom. The molecule has 6 nitrogen and oxygen atoms in total. The van der Waals surface area contributed by atoms with Gasteiger partial charge in [0.25, 0.3) is 5.91 Å². The van der Waals surface area contributed by atoms with Crippen molar-refractivity contribution in [3.63, 3.8) is 0 Å². The van der Waals surface area contributed by atoms with Crippen LogP contribution < -0.4 is 5.32 Å². The van der Waals surface area contributed by atoms with Crippen LogP contribution in [0.5, 0.6) is 0 Å². The lowest BCUT2D eigenvalue weighted by atomic mass is 10.1. The van der Waals surface area contributed by atoms with Crippen molar-refractivity contribution >= 4 is 5.91 Å². The van der Waals surface area contributed by atoms with Crippen molar-refractivity contribution in [2.45, 2.75) is 25.3 Å². The molecule has 6 heteroatoms. The number of nitrogens with zero attached hydrogens (tertiary/aromatic N) is 3. The number of hydrogen-bond donors (Lipinski definition) is 1. The van der Waals surface area contributed by atoms with Crippen molar-refractivity contribution < 1.29 is 9.32 Å². The van der Waals surface area contributed by atoms with E-state index in [0.29, 0.717) is 30.5 Å². The van der Waals surface area contributed by atoms with Gasteiger partial charge in [-0.15, -0.1) is 0 Å². The molecular weight excluding hydrogens is 304 g/mol. The fourth-order valence-corrected chi connectivity index (χ4v) is 2.71. The highest BCUT2D eigenvalue weighted by Crippen LogP contribution is 2.38. The molecule has 1 aromatic carbocycles. The van der Waals surface area contributed by atoms with E-state index in [1.54, 1.807) is 6.07 Å². The maximum Gasteiger partial charge on any atom is 0.273 e. The van der Waals surface area contributed by atoms with E-state index in [0.717, 1.165) is 11.4 Å². The van der Waals surface area contributed by atoms with Gasteiger partial charge in [0.2, 0.25) is 0 Å². The van der Waals surface area contributed by atoms with Gasteiger partial charge >= 0.3 is 0 Å². The Balaban J connectivity index is 1.35. The first-order chi connectivity index (χ1) is 11.8. The lowest BCUT2D eigenvalue weighted by Gasteiger charge is -2.07. The van der Waals surface area contributed by atoms with E-state index in [2.05, 4.69) is 20.0 Å². The van der Waals surface area contributed by atoms with Crippen LogP contribution in [-0.4, -0.2) is 27.2 Å². The van der Waals surface area contributed by atoms with Gasteiger partial charge in [0.15, 0.2) is 11.5 Å². The first kappa shape index (κ1) is 14.7. The number of carbonyl (C=O) groups excluding carboxylic acids is 1. The van der Waals surface area contributed by atoms with Crippen LogP contribution in [0.25, 0.3) is 11.3 Å². The van der Waals surface area contributed by atoms with Crippen LogP contribution in [-0.2, 0) is 6.54 Å². The highest BCUT2D eigenvalue weighted by molar-refractivity contribution is 5.93. The molecule has 1 N–H and O–H groups in total. The quantitative estimate of drug-likeness (QED) is 0.757. The fraction of sp³-hybridized carbons (Fsp3) is 0.278. The zero-order chi connectivity index (χ0) is 16.4. The summed E-state index contributed by atoms with van der Waals surface area (Å²) in [6.07, 6.45) is 6.21. The predicted octanol–water partition coefficient (Wildman–Crippen LogP) is 2.85. The molecule has 1 saturated carbocycles. The minimum atomic E-state index is -0.228. The Bertz CT molecular complexity index is 834. The van der Waals surface area contributed by atoms with E-state index in [4.69, 9.17) is 4.52 Å². The largest absolute Gasteiger partial charge is 0.355 e. The van der Waals surface area contributed by atoms with Gasteiger partial charge in [-0.25, -0.2) is 4.98 Å². The number of hydrogen-bond acceptors (Lipinski definition) is 4. The van der Waals surface area contributed by atoms with Crippen molar-refractivity contribution in [2.24, 2.45) is 0 Å². The number of benzene rings is 1. The van der Waals surface area contributed by atoms with Gasteiger partial charge < -0.3 is 14.4 Å². The average molecular weight is 322 g/mol. The van der Waals surface area contributed by atoms with Crippen LogP contribution in [0.1, 0.15) is 35.1 Å². The lowest BCUT2D eigenvalue weighted by molar-refractivity contribution is 0.0943. The van der Waals surface area contributed by atoms with Gasteiger partial charge in [0.1, 0.15) is 5.82 Å². The Morgan fingerprint density at radius 1 is 1.29 bits per heavy atom. The zero-order valence-corrected chi connectivity index (χ0v) is 13.2. The molecule has 1 fully saturated rings. The van der Waals surface area contributed by atoms with Crippen LogP contribution >= 0.6 is 0 Å². The summed E-state index contributed by atoms with van der Waals surface area (Å²) in [6.45, 7) is 1.24. The van der Waals surface area contributed by atoms with Crippen molar-refractivity contribution in [1.29, 1.82) is 0 Å². The molecule has 24 heavy (non-hydrogen) atoms. The number of aromatic nitrogens is 3. The maximum absolute atomic E-state index is 12.2. The molecule has 0 atom stereocenters. The summed E-state index contributed by atoms with van der Waals surface area (Å²) in [4.78, 5) is 16.6. The standard InChI is InChI=1S/C18H18N4O2/c23-18(15-12-16(24-21-15)13-4-2-1-3-5-13)20-9-11-22-10-8-19-17(22)14-6-7-14/h1-5,8,10,12,14H,6-7,9,11H2,(H,20,23). The molecule has 2 aromatic heterocycles. The number of carbonyl (C=O) groups is 1. The van der Waals surface area contributed by atoms with Crippen LogP contribution in [0.4, 0.5) is 0 Å². The Labute approximate surface area is 139 Å². The van der Waals surface area contributed by atoms with Gasteiger partial charge in [-0.3, -0.25) is 4.79 Å². The normalized spacial score (nSPS) is 13.8. The second-order valence-corrected chi connectivity index (χ2v) is 5.95. The third kappa shape index (κ3) is 3.08. The number of amides is 1. The highest BCUT2D eigenvalue weighted by atomic mass is 16.5. The number of imidazole rings is 1. The SMILES string of the molecule is O=C(NCCn1ccnc1C1CC1)c1cc(-c2ccccc2)on1. The van der Waals surface area contributed by atoms with E-state index in [9.17, 15) is 4.79 Å². The van der Waals surface area contributed by atoms with Gasteiger partial charge in [0, 0.05) is 43.0 Å². The molecular formula is C18H18N4O2. The monoisotopic (exact) mass is 322 g/mol. The smallest absolute Gasteiger partial charge is 0.273 e. The summed E-state index contributed by atoms with van der Waals surface area (Å²) in [5.74, 6) is 2.08. The molecule has 0 spiro atoms. The van der Waals surface area contributed by atoms with Crippen molar-refractivity contribution in [1.82, 2.24) is 20.0 Å². The van der Waals surface area contributed by atoms with Crippen LogP contribution in [0.15, 0.2) is 53.3 Å². The van der Waals surface area contributed by atoms with E-state index in [1.807, 2.05) is 42.7 Å². The predicted molar refractivity (Wildman–Crippen MR) is 88.5 cm³/mol. The summed E-state index contributed by atoms with van der Waals surface area (Å²) in [5.41, 5.74) is 1.19. The summed E-state index contributed by atoms with van der Waals surface area (Å²) in [6, 6.07) is 11.3. The first-order valence-corrected chi connectivity index (χ1v) is 8.12. The third-order valence-corrected chi connectivity index (χ3v) is 4.13. The van der Waals surface area contributed by atoms with E-state index in [-0.39, 0.29) is 5.91 Å². The van der Waals surface area contributed by atoms with E-state index < -0.39 is 0 Å². The Kier molecular flexibility index (Phi) is 3.86. The number of nitrogens with one attached hydrogen (secondary N) is 1. The highest BCUT2D eigenvalue weighted by Gasteiger charge is 2.27. The van der Waals surface area contributed by atoms with E-state index >= 15 is 0 Å². The van der Waals surface area contributed by atoms with Crippen molar-refractivity contribution in [3.05, 3.63) is 60.3 Å². The number of rotatable bonds is 6. The summed E-state index contributed by atoms with van der Waals surface area (Å²) < 4.78 is 7.36. The minimum absolute atomic E-state index is 0.228. The van der Waals surface area contributed by atoms with Gasteiger partial charge in [0.05, 0.1) is 0 Å². The van der Waals surface area contributed by atoms with Crippen molar-refractivity contribution in [2.75, 3.05) is 6.54 Å². The van der Waals surface area contributed by atoms with Crippen molar-refractivity contribution in [3.8, 4) is 11.3 Å². The molecule has 0 saturated heterocycles. The van der Waals surface area contributed by atoms with Crippen LogP contribution in [0, 0.1) is 0 Å². The fourth-order valence-electron chi connectivity index (χ4n) is 2.71. The molecule has 0 bridgehead atoms. The molecule has 4 rings (SSSR count).